The van der Waals surface area contributed by atoms with Crippen molar-refractivity contribution in [2.75, 3.05) is 26.2 Å². The number of rotatable bonds is 2. The number of likely N-dealkylation sites (tertiary alicyclic amines) is 1. The van der Waals surface area contributed by atoms with Crippen LogP contribution in [0.2, 0.25) is 5.02 Å². The second-order valence-corrected chi connectivity index (χ2v) is 5.74. The number of halogens is 2. The molecule has 2 atom stereocenters. The monoisotopic (exact) mass is 331 g/mol. The molecule has 0 spiro atoms. The second-order valence-electron chi connectivity index (χ2n) is 5.31. The van der Waals surface area contributed by atoms with Gasteiger partial charge in [-0.05, 0) is 24.0 Å². The zero-order valence-electron chi connectivity index (χ0n) is 11.1. The maximum Gasteiger partial charge on any atom is 0.283 e. The van der Waals surface area contributed by atoms with Gasteiger partial charge in [-0.1, -0.05) is 11.6 Å². The molecule has 0 aromatic heterocycles. The van der Waals surface area contributed by atoms with Crippen molar-refractivity contribution in [3.05, 3.63) is 38.9 Å². The summed E-state index contributed by atoms with van der Waals surface area (Å²) in [5.41, 5.74) is -0.106. The molecular weight excluding hydrogens is 317 g/mol. The normalized spacial score (nSPS) is 23.6. The van der Waals surface area contributed by atoms with Crippen molar-refractivity contribution in [1.29, 1.82) is 0 Å². The largest absolute Gasteiger partial charge is 0.338 e. The van der Waals surface area contributed by atoms with E-state index in [9.17, 15) is 14.9 Å². The van der Waals surface area contributed by atoms with E-state index in [-0.39, 0.29) is 34.6 Å². The first-order valence-electron chi connectivity index (χ1n) is 6.50. The van der Waals surface area contributed by atoms with Gasteiger partial charge in [0, 0.05) is 37.3 Å². The fourth-order valence-corrected chi connectivity index (χ4v) is 3.19. The molecule has 6 nitrogen and oxygen atoms in total. The molecule has 0 aliphatic carbocycles. The number of nitrogens with one attached hydrogen (secondary N) is 1. The minimum absolute atomic E-state index is 0. The lowest BCUT2D eigenvalue weighted by Crippen LogP contribution is -2.32. The fraction of sp³-hybridized carbons (Fsp3) is 0.462. The van der Waals surface area contributed by atoms with Crippen LogP contribution in [0.5, 0.6) is 0 Å². The van der Waals surface area contributed by atoms with E-state index in [1.54, 1.807) is 4.90 Å². The van der Waals surface area contributed by atoms with Crippen LogP contribution in [0.3, 0.4) is 0 Å². The number of nitrogens with zero attached hydrogens (tertiary/aromatic N) is 2. The van der Waals surface area contributed by atoms with E-state index in [2.05, 4.69) is 5.32 Å². The zero-order valence-corrected chi connectivity index (χ0v) is 12.7. The molecule has 8 heteroatoms. The number of amides is 1. The van der Waals surface area contributed by atoms with E-state index in [0.717, 1.165) is 13.1 Å². The number of hydrogen-bond donors (Lipinski definition) is 1. The first-order valence-corrected chi connectivity index (χ1v) is 6.88. The molecule has 1 amide bonds. The van der Waals surface area contributed by atoms with Crippen LogP contribution in [0.25, 0.3) is 0 Å². The van der Waals surface area contributed by atoms with Gasteiger partial charge in [0.25, 0.3) is 11.6 Å². The van der Waals surface area contributed by atoms with E-state index < -0.39 is 4.92 Å². The summed E-state index contributed by atoms with van der Waals surface area (Å²) in [6.07, 6.45) is 0. The number of fused-ring (bicyclic) bond motifs is 1. The topological polar surface area (TPSA) is 75.5 Å². The molecule has 2 fully saturated rings. The number of benzene rings is 1. The van der Waals surface area contributed by atoms with Crippen molar-refractivity contribution in [2.45, 2.75) is 0 Å². The molecule has 114 valence electrons. The molecule has 0 bridgehead atoms. The summed E-state index contributed by atoms with van der Waals surface area (Å²) in [6, 6.07) is 4.18. The molecule has 1 aromatic rings. The summed E-state index contributed by atoms with van der Waals surface area (Å²) in [5.74, 6) is 0.651. The van der Waals surface area contributed by atoms with Crippen molar-refractivity contribution >= 4 is 35.6 Å². The van der Waals surface area contributed by atoms with Gasteiger partial charge in [-0.2, -0.15) is 0 Å². The Bertz CT molecular complexity index is 570. The van der Waals surface area contributed by atoms with Crippen LogP contribution in [-0.2, 0) is 0 Å². The Morgan fingerprint density at radius 3 is 2.52 bits per heavy atom. The van der Waals surface area contributed by atoms with Gasteiger partial charge in [0.15, 0.2) is 0 Å². The van der Waals surface area contributed by atoms with Crippen molar-refractivity contribution in [3.63, 3.8) is 0 Å². The van der Waals surface area contributed by atoms with Gasteiger partial charge in [-0.15, -0.1) is 12.4 Å². The van der Waals surface area contributed by atoms with Crippen molar-refractivity contribution in [3.8, 4) is 0 Å². The molecule has 1 N–H and O–H groups in total. The summed E-state index contributed by atoms with van der Waals surface area (Å²) >= 11 is 5.77. The number of nitro benzene ring substituents is 1. The quantitative estimate of drug-likeness (QED) is 0.664. The Morgan fingerprint density at radius 1 is 1.33 bits per heavy atom. The molecule has 21 heavy (non-hydrogen) atoms. The predicted molar refractivity (Wildman–Crippen MR) is 81.1 cm³/mol. The minimum atomic E-state index is -0.558. The molecule has 2 heterocycles. The van der Waals surface area contributed by atoms with Crippen LogP contribution < -0.4 is 5.32 Å². The first-order chi connectivity index (χ1) is 9.56. The van der Waals surface area contributed by atoms with Gasteiger partial charge in [0.1, 0.15) is 5.56 Å². The summed E-state index contributed by atoms with van der Waals surface area (Å²) in [4.78, 5) is 24.7. The van der Waals surface area contributed by atoms with Gasteiger partial charge in [-0.3, -0.25) is 14.9 Å². The highest BCUT2D eigenvalue weighted by Crippen LogP contribution is 2.30. The lowest BCUT2D eigenvalue weighted by molar-refractivity contribution is -0.385. The standard InChI is InChI=1S/C13H14ClN3O3.ClH/c14-10-1-2-11(12(3-10)17(19)20)13(18)16-6-8-4-15-5-9(8)7-16;/h1-3,8-9,15H,4-7H2;1H/t8-,9+;. The van der Waals surface area contributed by atoms with Gasteiger partial charge in [-0.25, -0.2) is 0 Å². The minimum Gasteiger partial charge on any atom is -0.338 e. The highest BCUT2D eigenvalue weighted by Gasteiger charge is 2.39. The van der Waals surface area contributed by atoms with Gasteiger partial charge < -0.3 is 10.2 Å². The lowest BCUT2D eigenvalue weighted by atomic mass is 10.0. The number of carbonyl (C=O) groups is 1. The molecule has 3 rings (SSSR count). The molecule has 2 aliphatic heterocycles. The molecule has 0 saturated carbocycles. The zero-order chi connectivity index (χ0) is 14.3. The summed E-state index contributed by atoms with van der Waals surface area (Å²) in [6.45, 7) is 3.15. The third kappa shape index (κ3) is 2.97. The molecule has 2 saturated heterocycles. The van der Waals surface area contributed by atoms with Crippen LogP contribution in [0.1, 0.15) is 10.4 Å². The Hall–Kier alpha value is -1.37. The van der Waals surface area contributed by atoms with Crippen LogP contribution in [0.15, 0.2) is 18.2 Å². The van der Waals surface area contributed by atoms with E-state index in [1.807, 2.05) is 0 Å². The Balaban J connectivity index is 0.00000161. The fourth-order valence-electron chi connectivity index (χ4n) is 3.03. The van der Waals surface area contributed by atoms with Crippen molar-refractivity contribution in [1.82, 2.24) is 10.2 Å². The Labute approximate surface area is 133 Å². The lowest BCUT2D eigenvalue weighted by Gasteiger charge is -2.17. The van der Waals surface area contributed by atoms with Crippen LogP contribution in [-0.4, -0.2) is 41.9 Å². The number of hydrogen-bond acceptors (Lipinski definition) is 4. The predicted octanol–water partition coefficient (Wildman–Crippen LogP) is 1.96. The van der Waals surface area contributed by atoms with E-state index in [1.165, 1.54) is 18.2 Å². The van der Waals surface area contributed by atoms with Crippen LogP contribution in [0, 0.1) is 22.0 Å². The van der Waals surface area contributed by atoms with Crippen LogP contribution >= 0.6 is 24.0 Å². The maximum atomic E-state index is 12.5. The summed E-state index contributed by atoms with van der Waals surface area (Å²) in [7, 11) is 0. The van der Waals surface area contributed by atoms with E-state index >= 15 is 0 Å². The third-order valence-electron chi connectivity index (χ3n) is 4.06. The van der Waals surface area contributed by atoms with E-state index in [0.29, 0.717) is 24.9 Å². The Kier molecular flexibility index (Phi) is 4.70. The highest BCUT2D eigenvalue weighted by molar-refractivity contribution is 6.31. The summed E-state index contributed by atoms with van der Waals surface area (Å²) in [5, 5.41) is 14.6. The molecule has 2 aliphatic rings. The third-order valence-corrected chi connectivity index (χ3v) is 4.30. The maximum absolute atomic E-state index is 12.5. The number of nitro groups is 1. The van der Waals surface area contributed by atoms with Gasteiger partial charge >= 0.3 is 0 Å². The van der Waals surface area contributed by atoms with Crippen molar-refractivity contribution < 1.29 is 9.72 Å². The smallest absolute Gasteiger partial charge is 0.283 e. The molecular formula is C13H15Cl2N3O3. The molecule has 1 aromatic carbocycles. The first kappa shape index (κ1) is 16.0. The molecule has 0 unspecified atom stereocenters. The highest BCUT2D eigenvalue weighted by atomic mass is 35.5. The van der Waals surface area contributed by atoms with Gasteiger partial charge in [0.05, 0.1) is 4.92 Å². The summed E-state index contributed by atoms with van der Waals surface area (Å²) < 4.78 is 0. The second kappa shape index (κ2) is 6.17. The average Bonchev–Trinajstić information content (AvgIpc) is 2.98. The average molecular weight is 332 g/mol. The Morgan fingerprint density at radius 2 is 1.95 bits per heavy atom. The van der Waals surface area contributed by atoms with E-state index in [4.69, 9.17) is 11.6 Å². The molecule has 0 radical (unpaired) electrons. The van der Waals surface area contributed by atoms with Crippen LogP contribution in [0.4, 0.5) is 5.69 Å². The van der Waals surface area contributed by atoms with Crippen molar-refractivity contribution in [2.24, 2.45) is 11.8 Å². The van der Waals surface area contributed by atoms with Gasteiger partial charge in [0.2, 0.25) is 0 Å². The SMILES string of the molecule is Cl.O=C(c1ccc(Cl)cc1[N+](=O)[O-])N1C[C@H]2CNC[C@H]2C1. The number of carbonyl (C=O) groups excluding carboxylic acids is 1.